The number of amides is 1. The predicted octanol–water partition coefficient (Wildman–Crippen LogP) is 3.14. The molecule has 0 unspecified atom stereocenters. The molecule has 1 saturated carbocycles. The standard InChI is InChI=1S/C20H20N4O2/c25-19(18-17-5-2-1-4-14(17)10-13-21-18)24-15-6-8-16(9-7-15)26-20-22-11-3-12-23-20/h1-5,10-13,15-16H,6-9H2,(H,24,25). The summed E-state index contributed by atoms with van der Waals surface area (Å²) in [6, 6.07) is 12.0. The molecule has 1 N–H and O–H groups in total. The van der Waals surface area contributed by atoms with E-state index in [4.69, 9.17) is 4.74 Å². The van der Waals surface area contributed by atoms with Crippen molar-refractivity contribution >= 4 is 16.7 Å². The molecule has 3 aromatic rings. The number of ether oxygens (including phenoxy) is 1. The lowest BCUT2D eigenvalue weighted by atomic mass is 9.93. The van der Waals surface area contributed by atoms with E-state index in [0.717, 1.165) is 36.5 Å². The Morgan fingerprint density at radius 3 is 2.50 bits per heavy atom. The fourth-order valence-corrected chi connectivity index (χ4v) is 3.37. The number of rotatable bonds is 4. The first kappa shape index (κ1) is 16.4. The maximum Gasteiger partial charge on any atom is 0.316 e. The van der Waals surface area contributed by atoms with Gasteiger partial charge in [0.25, 0.3) is 5.91 Å². The van der Waals surface area contributed by atoms with E-state index in [-0.39, 0.29) is 18.1 Å². The number of nitrogens with one attached hydrogen (secondary N) is 1. The van der Waals surface area contributed by atoms with Crippen LogP contribution >= 0.6 is 0 Å². The topological polar surface area (TPSA) is 77.0 Å². The van der Waals surface area contributed by atoms with Gasteiger partial charge < -0.3 is 10.1 Å². The van der Waals surface area contributed by atoms with Crippen LogP contribution in [0.5, 0.6) is 6.01 Å². The van der Waals surface area contributed by atoms with Gasteiger partial charge in [-0.25, -0.2) is 9.97 Å². The average molecular weight is 348 g/mol. The molecule has 1 amide bonds. The second-order valence-electron chi connectivity index (χ2n) is 6.48. The van der Waals surface area contributed by atoms with Gasteiger partial charge in [-0.2, -0.15) is 0 Å². The van der Waals surface area contributed by atoms with Crippen LogP contribution in [0.3, 0.4) is 0 Å². The second kappa shape index (κ2) is 7.47. The Kier molecular flexibility index (Phi) is 4.73. The number of hydrogen-bond acceptors (Lipinski definition) is 5. The lowest BCUT2D eigenvalue weighted by molar-refractivity contribution is 0.0882. The summed E-state index contributed by atoms with van der Waals surface area (Å²) in [7, 11) is 0. The number of aromatic nitrogens is 3. The molecule has 0 radical (unpaired) electrons. The molecule has 0 saturated heterocycles. The number of hydrogen-bond donors (Lipinski definition) is 1. The lowest BCUT2D eigenvalue weighted by Crippen LogP contribution is -2.40. The van der Waals surface area contributed by atoms with Crippen molar-refractivity contribution in [3.63, 3.8) is 0 Å². The van der Waals surface area contributed by atoms with Gasteiger partial charge in [0.15, 0.2) is 0 Å². The molecule has 26 heavy (non-hydrogen) atoms. The van der Waals surface area contributed by atoms with Crippen LogP contribution in [0, 0.1) is 0 Å². The van der Waals surface area contributed by atoms with Crippen LogP contribution in [0.2, 0.25) is 0 Å². The number of fused-ring (bicyclic) bond motifs is 1. The molecule has 1 aliphatic carbocycles. The largest absolute Gasteiger partial charge is 0.460 e. The van der Waals surface area contributed by atoms with Gasteiger partial charge in [-0.15, -0.1) is 0 Å². The zero-order valence-corrected chi connectivity index (χ0v) is 14.3. The van der Waals surface area contributed by atoms with Gasteiger partial charge in [-0.1, -0.05) is 24.3 Å². The fourth-order valence-electron chi connectivity index (χ4n) is 3.37. The lowest BCUT2D eigenvalue weighted by Gasteiger charge is -2.28. The SMILES string of the molecule is O=C(NC1CCC(Oc2ncccn2)CC1)c1nccc2ccccc12. The molecule has 0 atom stereocenters. The highest BCUT2D eigenvalue weighted by Crippen LogP contribution is 2.23. The molecular formula is C20H20N4O2. The maximum atomic E-state index is 12.7. The Hall–Kier alpha value is -3.02. The monoisotopic (exact) mass is 348 g/mol. The molecule has 6 heteroatoms. The van der Waals surface area contributed by atoms with E-state index >= 15 is 0 Å². The summed E-state index contributed by atoms with van der Waals surface area (Å²) in [6.07, 6.45) is 8.60. The molecule has 4 rings (SSSR count). The van der Waals surface area contributed by atoms with Gasteiger partial charge >= 0.3 is 6.01 Å². The van der Waals surface area contributed by atoms with Crippen LogP contribution in [0.25, 0.3) is 10.8 Å². The molecule has 0 bridgehead atoms. The quantitative estimate of drug-likeness (QED) is 0.784. The summed E-state index contributed by atoms with van der Waals surface area (Å²) in [4.78, 5) is 25.2. The zero-order chi connectivity index (χ0) is 17.8. The normalized spacial score (nSPS) is 19.8. The van der Waals surface area contributed by atoms with Crippen molar-refractivity contribution in [3.05, 3.63) is 60.7 Å². The van der Waals surface area contributed by atoms with Gasteiger partial charge in [0.1, 0.15) is 11.8 Å². The molecule has 2 aromatic heterocycles. The highest BCUT2D eigenvalue weighted by atomic mass is 16.5. The minimum absolute atomic E-state index is 0.0984. The predicted molar refractivity (Wildman–Crippen MR) is 97.9 cm³/mol. The van der Waals surface area contributed by atoms with Gasteiger partial charge in [-0.05, 0) is 43.2 Å². The van der Waals surface area contributed by atoms with Crippen LogP contribution < -0.4 is 10.1 Å². The first-order valence-corrected chi connectivity index (χ1v) is 8.88. The van der Waals surface area contributed by atoms with E-state index in [1.54, 1.807) is 24.7 Å². The summed E-state index contributed by atoms with van der Waals surface area (Å²) in [6.45, 7) is 0. The summed E-state index contributed by atoms with van der Waals surface area (Å²) < 4.78 is 5.80. The smallest absolute Gasteiger partial charge is 0.316 e. The highest BCUT2D eigenvalue weighted by molar-refractivity contribution is 6.05. The van der Waals surface area contributed by atoms with Crippen molar-refractivity contribution in [2.75, 3.05) is 0 Å². The molecule has 0 spiro atoms. The Bertz CT molecular complexity index is 887. The average Bonchev–Trinajstić information content (AvgIpc) is 2.70. The van der Waals surface area contributed by atoms with Gasteiger partial charge in [0.05, 0.1) is 0 Å². The molecular weight excluding hydrogens is 328 g/mol. The van der Waals surface area contributed by atoms with Crippen molar-refractivity contribution < 1.29 is 9.53 Å². The van der Waals surface area contributed by atoms with Crippen LogP contribution in [-0.2, 0) is 0 Å². The van der Waals surface area contributed by atoms with E-state index < -0.39 is 0 Å². The molecule has 6 nitrogen and oxygen atoms in total. The van der Waals surface area contributed by atoms with Gasteiger partial charge in [0.2, 0.25) is 0 Å². The molecule has 132 valence electrons. The first-order chi connectivity index (χ1) is 12.8. The van der Waals surface area contributed by atoms with E-state index in [9.17, 15) is 4.79 Å². The minimum atomic E-state index is -0.113. The number of benzene rings is 1. The third-order valence-corrected chi connectivity index (χ3v) is 4.71. The summed E-state index contributed by atoms with van der Waals surface area (Å²) in [5.74, 6) is -0.113. The summed E-state index contributed by atoms with van der Waals surface area (Å²) >= 11 is 0. The van der Waals surface area contributed by atoms with Crippen molar-refractivity contribution in [3.8, 4) is 6.01 Å². The van der Waals surface area contributed by atoms with Crippen molar-refractivity contribution in [2.45, 2.75) is 37.8 Å². The van der Waals surface area contributed by atoms with E-state index in [1.165, 1.54) is 0 Å². The summed E-state index contributed by atoms with van der Waals surface area (Å²) in [5.41, 5.74) is 0.485. The number of carbonyl (C=O) groups is 1. The molecule has 0 aliphatic heterocycles. The third-order valence-electron chi connectivity index (χ3n) is 4.71. The minimum Gasteiger partial charge on any atom is -0.460 e. The van der Waals surface area contributed by atoms with E-state index in [0.29, 0.717) is 11.7 Å². The van der Waals surface area contributed by atoms with Crippen molar-refractivity contribution in [1.29, 1.82) is 0 Å². The Balaban J connectivity index is 1.36. The van der Waals surface area contributed by atoms with Crippen LogP contribution in [0.15, 0.2) is 55.0 Å². The second-order valence-corrected chi connectivity index (χ2v) is 6.48. The van der Waals surface area contributed by atoms with Gasteiger partial charge in [0, 0.05) is 30.0 Å². The van der Waals surface area contributed by atoms with Crippen LogP contribution in [0.4, 0.5) is 0 Å². The Morgan fingerprint density at radius 1 is 0.923 bits per heavy atom. The van der Waals surface area contributed by atoms with Crippen LogP contribution in [-0.4, -0.2) is 33.0 Å². The van der Waals surface area contributed by atoms with Crippen LogP contribution in [0.1, 0.15) is 36.2 Å². The first-order valence-electron chi connectivity index (χ1n) is 8.88. The van der Waals surface area contributed by atoms with Crippen molar-refractivity contribution in [1.82, 2.24) is 20.3 Å². The third kappa shape index (κ3) is 3.64. The number of nitrogens with zero attached hydrogens (tertiary/aromatic N) is 3. The fraction of sp³-hybridized carbons (Fsp3) is 0.300. The zero-order valence-electron chi connectivity index (χ0n) is 14.3. The molecule has 1 aromatic carbocycles. The van der Waals surface area contributed by atoms with Crippen molar-refractivity contribution in [2.24, 2.45) is 0 Å². The Morgan fingerprint density at radius 2 is 1.69 bits per heavy atom. The van der Waals surface area contributed by atoms with E-state index in [2.05, 4.69) is 20.3 Å². The van der Waals surface area contributed by atoms with Gasteiger partial charge in [-0.3, -0.25) is 9.78 Å². The molecule has 1 aliphatic rings. The number of pyridine rings is 1. The Labute approximate surface area is 151 Å². The molecule has 2 heterocycles. The highest BCUT2D eigenvalue weighted by Gasteiger charge is 2.25. The molecule has 1 fully saturated rings. The maximum absolute atomic E-state index is 12.7. The summed E-state index contributed by atoms with van der Waals surface area (Å²) in [5, 5.41) is 5.02. The van der Waals surface area contributed by atoms with E-state index in [1.807, 2.05) is 30.3 Å². The number of carbonyl (C=O) groups excluding carboxylic acids is 1.